The summed E-state index contributed by atoms with van der Waals surface area (Å²) in [6.07, 6.45) is 2.05. The van der Waals surface area contributed by atoms with Gasteiger partial charge in [0.15, 0.2) is 0 Å². The number of aromatic nitrogens is 1. The molecule has 0 aliphatic carbocycles. The van der Waals surface area contributed by atoms with Crippen LogP contribution in [0.4, 0.5) is 0 Å². The number of phenols is 2. The van der Waals surface area contributed by atoms with Gasteiger partial charge in [0.05, 0.1) is 6.54 Å². The van der Waals surface area contributed by atoms with Crippen molar-refractivity contribution >= 4 is 0 Å². The summed E-state index contributed by atoms with van der Waals surface area (Å²) < 4.78 is 2.18. The summed E-state index contributed by atoms with van der Waals surface area (Å²) in [7, 11) is 0. The molecule has 1 aromatic heterocycles. The van der Waals surface area contributed by atoms with Crippen LogP contribution in [0.15, 0.2) is 91.1 Å². The highest BCUT2D eigenvalue weighted by atomic mass is 16.3. The number of aryl methyl sites for hydroxylation is 1. The molecule has 0 unspecified atom stereocenters. The van der Waals surface area contributed by atoms with Crippen LogP contribution >= 0.6 is 0 Å². The largest absolute Gasteiger partial charge is 0.508 e. The molecular weight excluding hydrogens is 346 g/mol. The molecule has 0 aliphatic rings. The predicted molar refractivity (Wildman–Crippen MR) is 112 cm³/mol. The molecule has 3 heteroatoms. The maximum absolute atomic E-state index is 10.4. The van der Waals surface area contributed by atoms with E-state index in [9.17, 15) is 10.2 Å². The van der Waals surface area contributed by atoms with Gasteiger partial charge < -0.3 is 14.8 Å². The fraction of sp³-hybridized carbons (Fsp3) is 0.120. The maximum Gasteiger partial charge on any atom is 0.123 e. The van der Waals surface area contributed by atoms with E-state index in [0.717, 1.165) is 22.4 Å². The molecule has 0 radical (unpaired) electrons. The Morgan fingerprint density at radius 2 is 1.46 bits per heavy atom. The summed E-state index contributed by atoms with van der Waals surface area (Å²) in [5.74, 6) is 0.641. The standard InChI is InChI=1S/C25H23NO2/c1-18-7-5-10-21(25(18)28)17-26-16-6-11-23(26)24(19-8-3-2-4-9-19)20-12-14-22(27)15-13-20/h2-16,24,27-28H,17H2,1H3/t24-/m0/s1. The van der Waals surface area contributed by atoms with E-state index in [2.05, 4.69) is 22.8 Å². The van der Waals surface area contributed by atoms with Crippen molar-refractivity contribution in [3.8, 4) is 11.5 Å². The number of hydrogen-bond donors (Lipinski definition) is 2. The summed E-state index contributed by atoms with van der Waals surface area (Å²) in [4.78, 5) is 0. The van der Waals surface area contributed by atoms with Crippen LogP contribution in [0.1, 0.15) is 33.9 Å². The van der Waals surface area contributed by atoms with Gasteiger partial charge in [-0.1, -0.05) is 60.7 Å². The minimum atomic E-state index is 0.0313. The number of para-hydroxylation sites is 1. The molecule has 140 valence electrons. The lowest BCUT2D eigenvalue weighted by molar-refractivity contribution is 0.461. The molecule has 3 nitrogen and oxygen atoms in total. The first-order valence-corrected chi connectivity index (χ1v) is 9.40. The average molecular weight is 369 g/mol. The topological polar surface area (TPSA) is 45.4 Å². The molecule has 0 aliphatic heterocycles. The summed E-state index contributed by atoms with van der Waals surface area (Å²) in [6, 6.07) is 27.8. The molecule has 1 heterocycles. The van der Waals surface area contributed by atoms with E-state index in [0.29, 0.717) is 12.3 Å². The van der Waals surface area contributed by atoms with Gasteiger partial charge in [-0.05, 0) is 47.9 Å². The lowest BCUT2D eigenvalue weighted by Gasteiger charge is -2.21. The minimum absolute atomic E-state index is 0.0313. The zero-order chi connectivity index (χ0) is 19.5. The molecule has 1 atom stereocenters. The molecule has 0 saturated carbocycles. The number of nitrogens with zero attached hydrogens (tertiary/aromatic N) is 1. The Morgan fingerprint density at radius 3 is 2.21 bits per heavy atom. The summed E-state index contributed by atoms with van der Waals surface area (Å²) in [5, 5.41) is 20.2. The van der Waals surface area contributed by atoms with Crippen LogP contribution in [0.5, 0.6) is 11.5 Å². The third-order valence-corrected chi connectivity index (χ3v) is 5.18. The van der Waals surface area contributed by atoms with Gasteiger partial charge in [0.25, 0.3) is 0 Å². The van der Waals surface area contributed by atoms with Gasteiger partial charge in [-0.3, -0.25) is 0 Å². The fourth-order valence-electron chi connectivity index (χ4n) is 3.71. The van der Waals surface area contributed by atoms with Crippen LogP contribution in [0.3, 0.4) is 0 Å². The van der Waals surface area contributed by atoms with Crippen molar-refractivity contribution in [2.45, 2.75) is 19.4 Å². The summed E-state index contributed by atoms with van der Waals surface area (Å²) in [6.45, 7) is 2.51. The second kappa shape index (κ2) is 7.65. The molecule has 4 rings (SSSR count). The molecule has 4 aromatic rings. The van der Waals surface area contributed by atoms with Crippen molar-refractivity contribution < 1.29 is 10.2 Å². The molecule has 0 fully saturated rings. The van der Waals surface area contributed by atoms with Gasteiger partial charge in [0.2, 0.25) is 0 Å². The maximum atomic E-state index is 10.4. The van der Waals surface area contributed by atoms with E-state index in [1.807, 2.05) is 67.7 Å². The van der Waals surface area contributed by atoms with Gasteiger partial charge in [0, 0.05) is 23.4 Å². The molecule has 2 N–H and O–H groups in total. The zero-order valence-electron chi connectivity index (χ0n) is 15.8. The second-order valence-electron chi connectivity index (χ2n) is 7.08. The molecule has 0 amide bonds. The van der Waals surface area contributed by atoms with Crippen LogP contribution in [-0.2, 0) is 6.54 Å². The van der Waals surface area contributed by atoms with E-state index in [4.69, 9.17) is 0 Å². The van der Waals surface area contributed by atoms with E-state index in [-0.39, 0.29) is 11.7 Å². The lowest BCUT2D eigenvalue weighted by Crippen LogP contribution is -2.11. The molecular formula is C25H23NO2. The first-order valence-electron chi connectivity index (χ1n) is 9.40. The van der Waals surface area contributed by atoms with Crippen LogP contribution in [-0.4, -0.2) is 14.8 Å². The highest BCUT2D eigenvalue weighted by molar-refractivity contribution is 5.44. The normalized spacial score (nSPS) is 12.0. The van der Waals surface area contributed by atoms with Gasteiger partial charge in [-0.25, -0.2) is 0 Å². The average Bonchev–Trinajstić information content (AvgIpc) is 3.16. The Kier molecular flexibility index (Phi) is 4.90. The smallest absolute Gasteiger partial charge is 0.123 e. The van der Waals surface area contributed by atoms with E-state index in [1.54, 1.807) is 12.1 Å². The molecule has 0 saturated heterocycles. The first-order chi connectivity index (χ1) is 13.6. The highest BCUT2D eigenvalue weighted by Gasteiger charge is 2.20. The Labute approximate surface area is 165 Å². The second-order valence-corrected chi connectivity index (χ2v) is 7.08. The van der Waals surface area contributed by atoms with Gasteiger partial charge >= 0.3 is 0 Å². The highest BCUT2D eigenvalue weighted by Crippen LogP contribution is 2.34. The Morgan fingerprint density at radius 1 is 0.750 bits per heavy atom. The Balaban J connectivity index is 1.79. The van der Waals surface area contributed by atoms with Crippen LogP contribution < -0.4 is 0 Å². The van der Waals surface area contributed by atoms with E-state index >= 15 is 0 Å². The third-order valence-electron chi connectivity index (χ3n) is 5.18. The number of phenolic OH excluding ortho intramolecular Hbond substituents is 2. The van der Waals surface area contributed by atoms with Crippen molar-refractivity contribution in [3.63, 3.8) is 0 Å². The first kappa shape index (κ1) is 17.9. The van der Waals surface area contributed by atoms with Gasteiger partial charge in [-0.15, -0.1) is 0 Å². The van der Waals surface area contributed by atoms with Crippen molar-refractivity contribution in [1.29, 1.82) is 0 Å². The van der Waals surface area contributed by atoms with Crippen molar-refractivity contribution in [1.82, 2.24) is 4.57 Å². The summed E-state index contributed by atoms with van der Waals surface area (Å²) in [5.41, 5.74) is 5.20. The lowest BCUT2D eigenvalue weighted by atomic mass is 9.88. The quantitative estimate of drug-likeness (QED) is 0.492. The Bertz CT molecular complexity index is 1070. The molecule has 0 bridgehead atoms. The number of aromatic hydroxyl groups is 2. The van der Waals surface area contributed by atoms with Gasteiger partial charge in [-0.2, -0.15) is 0 Å². The number of hydrogen-bond acceptors (Lipinski definition) is 2. The summed E-state index contributed by atoms with van der Waals surface area (Å²) >= 11 is 0. The fourth-order valence-corrected chi connectivity index (χ4v) is 3.71. The van der Waals surface area contributed by atoms with Crippen LogP contribution in [0.2, 0.25) is 0 Å². The van der Waals surface area contributed by atoms with Crippen molar-refractivity contribution in [2.75, 3.05) is 0 Å². The van der Waals surface area contributed by atoms with Gasteiger partial charge in [0.1, 0.15) is 11.5 Å². The molecule has 0 spiro atoms. The van der Waals surface area contributed by atoms with Crippen LogP contribution in [0.25, 0.3) is 0 Å². The van der Waals surface area contributed by atoms with E-state index < -0.39 is 0 Å². The number of rotatable bonds is 5. The van der Waals surface area contributed by atoms with Crippen molar-refractivity contribution in [2.24, 2.45) is 0 Å². The van der Waals surface area contributed by atoms with Crippen LogP contribution in [0, 0.1) is 6.92 Å². The molecule has 28 heavy (non-hydrogen) atoms. The van der Waals surface area contributed by atoms with Crippen molar-refractivity contribution in [3.05, 3.63) is 119 Å². The monoisotopic (exact) mass is 369 g/mol. The SMILES string of the molecule is Cc1cccc(Cn2cccc2[C@@H](c2ccccc2)c2ccc(O)cc2)c1O. The minimum Gasteiger partial charge on any atom is -0.508 e. The predicted octanol–water partition coefficient (Wildman–Crippen LogP) is 5.44. The Hall–Kier alpha value is -3.46. The van der Waals surface area contributed by atoms with E-state index in [1.165, 1.54) is 5.56 Å². The third kappa shape index (κ3) is 3.52. The molecule has 3 aromatic carbocycles. The number of benzene rings is 3. The zero-order valence-corrected chi connectivity index (χ0v) is 15.8.